The second-order valence-corrected chi connectivity index (χ2v) is 4.05. The van der Waals surface area contributed by atoms with Crippen molar-refractivity contribution in [2.24, 2.45) is 0 Å². The van der Waals surface area contributed by atoms with Gasteiger partial charge in [0.2, 0.25) is 0 Å². The molecule has 0 aromatic rings. The quantitative estimate of drug-likeness (QED) is 0.346. The van der Waals surface area contributed by atoms with Crippen LogP contribution in [0.3, 0.4) is 0 Å². The summed E-state index contributed by atoms with van der Waals surface area (Å²) >= 11 is 0. The van der Waals surface area contributed by atoms with Gasteiger partial charge < -0.3 is 20.6 Å². The number of nitrogens with zero attached hydrogens (tertiary/aromatic N) is 1. The highest BCUT2D eigenvalue weighted by Crippen LogP contribution is 1.96. The Morgan fingerprint density at radius 3 is 2.38 bits per heavy atom. The molecule has 0 saturated carbocycles. The summed E-state index contributed by atoms with van der Waals surface area (Å²) < 4.78 is 0. The summed E-state index contributed by atoms with van der Waals surface area (Å²) in [5.74, 6) is 0. The second kappa shape index (κ2) is 11.3. The van der Waals surface area contributed by atoms with Crippen molar-refractivity contribution < 1.29 is 15.3 Å². The van der Waals surface area contributed by atoms with E-state index in [0.717, 1.165) is 25.9 Å². The zero-order valence-electron chi connectivity index (χ0n) is 10.2. The van der Waals surface area contributed by atoms with E-state index < -0.39 is 0 Å². The molecule has 5 nitrogen and oxygen atoms in total. The van der Waals surface area contributed by atoms with E-state index in [1.54, 1.807) is 6.92 Å². The Hall–Kier alpha value is -0.200. The predicted molar refractivity (Wildman–Crippen MR) is 64.4 cm³/mol. The van der Waals surface area contributed by atoms with Crippen molar-refractivity contribution >= 4 is 0 Å². The molecular weight excluding hydrogens is 208 g/mol. The van der Waals surface area contributed by atoms with Crippen molar-refractivity contribution in [3.63, 3.8) is 0 Å². The number of unbranched alkanes of at least 4 members (excludes halogenated alkanes) is 1. The molecule has 0 rings (SSSR count). The highest BCUT2D eigenvalue weighted by Gasteiger charge is 2.06. The van der Waals surface area contributed by atoms with E-state index >= 15 is 0 Å². The van der Waals surface area contributed by atoms with Gasteiger partial charge in [-0.3, -0.25) is 4.90 Å². The van der Waals surface area contributed by atoms with Gasteiger partial charge >= 0.3 is 0 Å². The molecule has 0 aliphatic heterocycles. The number of hydrogen-bond donors (Lipinski definition) is 4. The van der Waals surface area contributed by atoms with Crippen LogP contribution in [0.15, 0.2) is 0 Å². The number of rotatable bonds is 11. The van der Waals surface area contributed by atoms with Gasteiger partial charge in [0.15, 0.2) is 0 Å². The third kappa shape index (κ3) is 10.3. The van der Waals surface area contributed by atoms with Gasteiger partial charge in [-0.2, -0.15) is 0 Å². The normalized spacial score (nSPS) is 13.3. The van der Waals surface area contributed by atoms with Crippen molar-refractivity contribution in [3.8, 4) is 0 Å². The van der Waals surface area contributed by atoms with Gasteiger partial charge in [-0.1, -0.05) is 0 Å². The standard InChI is InChI=1S/C11H26N2O3/c1-11(16)10-13(7-9-15)6-3-2-4-12-5-8-14/h11-12,14-16H,2-10H2,1H3. The fraction of sp³-hybridized carbons (Fsp3) is 1.00. The summed E-state index contributed by atoms with van der Waals surface area (Å²) in [5.41, 5.74) is 0. The van der Waals surface area contributed by atoms with E-state index in [0.29, 0.717) is 19.6 Å². The lowest BCUT2D eigenvalue weighted by molar-refractivity contribution is 0.110. The molecule has 98 valence electrons. The zero-order valence-corrected chi connectivity index (χ0v) is 10.2. The van der Waals surface area contributed by atoms with Crippen LogP contribution in [0.2, 0.25) is 0 Å². The molecule has 1 atom stereocenters. The van der Waals surface area contributed by atoms with Crippen LogP contribution in [0.1, 0.15) is 19.8 Å². The molecule has 0 spiro atoms. The lowest BCUT2D eigenvalue weighted by Crippen LogP contribution is -2.34. The molecule has 0 bridgehead atoms. The van der Waals surface area contributed by atoms with E-state index in [4.69, 9.17) is 10.2 Å². The molecule has 4 N–H and O–H groups in total. The minimum absolute atomic E-state index is 0.134. The van der Waals surface area contributed by atoms with Gasteiger partial charge in [-0.25, -0.2) is 0 Å². The molecule has 0 saturated heterocycles. The molecular formula is C11H26N2O3. The molecule has 0 radical (unpaired) electrons. The molecule has 0 aliphatic carbocycles. The van der Waals surface area contributed by atoms with Gasteiger partial charge in [0.05, 0.1) is 19.3 Å². The molecule has 0 heterocycles. The van der Waals surface area contributed by atoms with Crippen molar-refractivity contribution in [2.45, 2.75) is 25.9 Å². The first-order chi connectivity index (χ1) is 7.70. The Bertz CT molecular complexity index is 145. The molecule has 0 aromatic heterocycles. The average molecular weight is 234 g/mol. The first-order valence-electron chi connectivity index (χ1n) is 6.03. The van der Waals surface area contributed by atoms with Crippen LogP contribution < -0.4 is 5.32 Å². The third-order valence-electron chi connectivity index (χ3n) is 2.31. The second-order valence-electron chi connectivity index (χ2n) is 4.05. The van der Waals surface area contributed by atoms with Crippen LogP contribution >= 0.6 is 0 Å². The largest absolute Gasteiger partial charge is 0.395 e. The van der Waals surface area contributed by atoms with Crippen LogP contribution in [0.4, 0.5) is 0 Å². The van der Waals surface area contributed by atoms with Gasteiger partial charge in [0.25, 0.3) is 0 Å². The highest BCUT2D eigenvalue weighted by atomic mass is 16.3. The molecule has 0 fully saturated rings. The SMILES string of the molecule is CC(O)CN(CCO)CCCCNCCO. The van der Waals surface area contributed by atoms with E-state index in [9.17, 15) is 5.11 Å². The van der Waals surface area contributed by atoms with Crippen LogP contribution in [-0.2, 0) is 0 Å². The molecule has 0 aromatic carbocycles. The maximum atomic E-state index is 9.26. The first-order valence-corrected chi connectivity index (χ1v) is 6.03. The zero-order chi connectivity index (χ0) is 12.2. The summed E-state index contributed by atoms with van der Waals surface area (Å²) in [6.07, 6.45) is 1.73. The topological polar surface area (TPSA) is 76.0 Å². The lowest BCUT2D eigenvalue weighted by Gasteiger charge is -2.22. The van der Waals surface area contributed by atoms with E-state index in [1.807, 2.05) is 0 Å². The Labute approximate surface area is 98.1 Å². The summed E-state index contributed by atoms with van der Waals surface area (Å²) in [7, 11) is 0. The van der Waals surface area contributed by atoms with Gasteiger partial charge in [-0.05, 0) is 32.9 Å². The van der Waals surface area contributed by atoms with E-state index in [1.165, 1.54) is 0 Å². The average Bonchev–Trinajstić information content (AvgIpc) is 2.22. The Morgan fingerprint density at radius 2 is 1.81 bits per heavy atom. The maximum absolute atomic E-state index is 9.26. The summed E-state index contributed by atoms with van der Waals surface area (Å²) in [6.45, 7) is 5.75. The van der Waals surface area contributed by atoms with Crippen molar-refractivity contribution in [1.29, 1.82) is 0 Å². The predicted octanol–water partition coefficient (Wildman–Crippen LogP) is -0.976. The smallest absolute Gasteiger partial charge is 0.0639 e. The maximum Gasteiger partial charge on any atom is 0.0639 e. The number of aliphatic hydroxyl groups is 3. The fourth-order valence-electron chi connectivity index (χ4n) is 1.60. The Kier molecular flexibility index (Phi) is 11.1. The number of nitrogens with one attached hydrogen (secondary N) is 1. The van der Waals surface area contributed by atoms with Gasteiger partial charge in [0.1, 0.15) is 0 Å². The monoisotopic (exact) mass is 234 g/mol. The van der Waals surface area contributed by atoms with Crippen LogP contribution in [0, 0.1) is 0 Å². The number of hydrogen-bond acceptors (Lipinski definition) is 5. The lowest BCUT2D eigenvalue weighted by atomic mass is 10.2. The Morgan fingerprint density at radius 1 is 1.06 bits per heavy atom. The molecule has 0 aliphatic rings. The third-order valence-corrected chi connectivity index (χ3v) is 2.31. The summed E-state index contributed by atoms with van der Waals surface area (Å²) in [5, 5.41) is 29.8. The molecule has 0 amide bonds. The minimum Gasteiger partial charge on any atom is -0.395 e. The Balaban J connectivity index is 3.44. The van der Waals surface area contributed by atoms with Crippen LogP contribution in [-0.4, -0.2) is 72.3 Å². The van der Waals surface area contributed by atoms with Crippen molar-refractivity contribution in [1.82, 2.24) is 10.2 Å². The minimum atomic E-state index is -0.348. The van der Waals surface area contributed by atoms with Crippen LogP contribution in [0.25, 0.3) is 0 Å². The molecule has 1 unspecified atom stereocenters. The van der Waals surface area contributed by atoms with E-state index in [2.05, 4.69) is 10.2 Å². The van der Waals surface area contributed by atoms with E-state index in [-0.39, 0.29) is 19.3 Å². The summed E-state index contributed by atoms with van der Waals surface area (Å²) in [6, 6.07) is 0. The van der Waals surface area contributed by atoms with Crippen molar-refractivity contribution in [2.75, 3.05) is 45.9 Å². The first kappa shape index (κ1) is 15.8. The van der Waals surface area contributed by atoms with Gasteiger partial charge in [-0.15, -0.1) is 0 Å². The fourth-order valence-corrected chi connectivity index (χ4v) is 1.60. The van der Waals surface area contributed by atoms with Crippen LogP contribution in [0.5, 0.6) is 0 Å². The highest BCUT2D eigenvalue weighted by molar-refractivity contribution is 4.61. The van der Waals surface area contributed by atoms with Crippen molar-refractivity contribution in [3.05, 3.63) is 0 Å². The number of aliphatic hydroxyl groups excluding tert-OH is 3. The van der Waals surface area contributed by atoms with Gasteiger partial charge in [0, 0.05) is 19.6 Å². The summed E-state index contributed by atoms with van der Waals surface area (Å²) in [4.78, 5) is 2.07. The molecule has 16 heavy (non-hydrogen) atoms. The molecule has 5 heteroatoms.